The van der Waals surface area contributed by atoms with Crippen molar-refractivity contribution in [2.45, 2.75) is 57.5 Å². The van der Waals surface area contributed by atoms with E-state index in [9.17, 15) is 9.90 Å². The summed E-state index contributed by atoms with van der Waals surface area (Å²) in [5.74, 6) is 1.23. The van der Waals surface area contributed by atoms with Crippen LogP contribution in [0, 0.1) is 12.8 Å². The summed E-state index contributed by atoms with van der Waals surface area (Å²) in [7, 11) is 0. The smallest absolute Gasteiger partial charge is 0.237 e. The molecule has 5 heteroatoms. The van der Waals surface area contributed by atoms with Crippen LogP contribution in [0.25, 0.3) is 0 Å². The number of nitrogens with two attached hydrogens (primary N) is 1. The summed E-state index contributed by atoms with van der Waals surface area (Å²) in [4.78, 5) is 13.0. The van der Waals surface area contributed by atoms with Crippen molar-refractivity contribution in [2.24, 2.45) is 11.7 Å². The van der Waals surface area contributed by atoms with Gasteiger partial charge in [0, 0.05) is 12.2 Å². The van der Waals surface area contributed by atoms with Crippen molar-refractivity contribution >= 4 is 11.6 Å². The van der Waals surface area contributed by atoms with Gasteiger partial charge in [0.05, 0.1) is 12.1 Å². The van der Waals surface area contributed by atoms with Crippen molar-refractivity contribution in [2.75, 3.05) is 11.9 Å². The summed E-state index contributed by atoms with van der Waals surface area (Å²) in [6.07, 6.45) is 3.43. The Morgan fingerprint density at radius 2 is 1.97 bits per heavy atom. The second-order valence-electron chi connectivity index (χ2n) is 10.3. The second-order valence-corrected chi connectivity index (χ2v) is 10.3. The number of phenolic OH excluding ortho intramolecular Hbond substituents is 1. The lowest BCUT2D eigenvalue weighted by atomic mass is 9.87. The zero-order chi connectivity index (χ0) is 24.5. The molecule has 0 saturated heterocycles. The van der Waals surface area contributed by atoms with E-state index in [4.69, 9.17) is 5.73 Å². The molecule has 5 nitrogen and oxygen atoms in total. The lowest BCUT2D eigenvalue weighted by molar-refractivity contribution is -0.123. The van der Waals surface area contributed by atoms with Gasteiger partial charge < -0.3 is 21.5 Å². The third-order valence-electron chi connectivity index (χ3n) is 7.89. The van der Waals surface area contributed by atoms with Gasteiger partial charge in [-0.25, -0.2) is 0 Å². The minimum atomic E-state index is -0.641. The minimum Gasteiger partial charge on any atom is -0.508 e. The Hall–Kier alpha value is -3.31. The highest BCUT2D eigenvalue weighted by Gasteiger charge is 2.30. The molecule has 5 N–H and O–H groups in total. The van der Waals surface area contributed by atoms with Crippen LogP contribution in [-0.2, 0) is 24.1 Å². The van der Waals surface area contributed by atoms with Crippen molar-refractivity contribution in [3.05, 3.63) is 94.0 Å². The number of aromatic hydroxyl groups is 1. The summed E-state index contributed by atoms with van der Waals surface area (Å²) in [6.45, 7) is 5.09. The topological polar surface area (TPSA) is 87.4 Å². The fraction of sp³-hybridized carbons (Fsp3) is 0.367. The van der Waals surface area contributed by atoms with E-state index in [0.29, 0.717) is 18.3 Å². The van der Waals surface area contributed by atoms with E-state index in [-0.39, 0.29) is 17.7 Å². The van der Waals surface area contributed by atoms with Crippen LogP contribution in [0.2, 0.25) is 0 Å². The number of aryl methyl sites for hydroxylation is 1. The van der Waals surface area contributed by atoms with Gasteiger partial charge in [-0.1, -0.05) is 49.4 Å². The van der Waals surface area contributed by atoms with Crippen LogP contribution in [0.5, 0.6) is 5.75 Å². The predicted octanol–water partition coefficient (Wildman–Crippen LogP) is 4.76. The highest BCUT2D eigenvalue weighted by atomic mass is 16.3. The molecule has 35 heavy (non-hydrogen) atoms. The third-order valence-corrected chi connectivity index (χ3v) is 7.89. The minimum absolute atomic E-state index is 0.0520. The van der Waals surface area contributed by atoms with E-state index in [1.54, 1.807) is 12.1 Å². The Balaban J connectivity index is 1.28. The number of carbonyl (C=O) groups is 1. The average molecular weight is 470 g/mol. The second kappa shape index (κ2) is 9.74. The molecule has 2 unspecified atom stereocenters. The van der Waals surface area contributed by atoms with Crippen LogP contribution < -0.4 is 16.4 Å². The van der Waals surface area contributed by atoms with Gasteiger partial charge in [-0.2, -0.15) is 0 Å². The maximum atomic E-state index is 13.0. The zero-order valence-electron chi connectivity index (χ0n) is 20.6. The van der Waals surface area contributed by atoms with Crippen LogP contribution in [-0.4, -0.2) is 23.6 Å². The van der Waals surface area contributed by atoms with Crippen molar-refractivity contribution in [3.63, 3.8) is 0 Å². The van der Waals surface area contributed by atoms with Gasteiger partial charge in [0.15, 0.2) is 0 Å². The molecule has 2 aliphatic rings. The number of anilines is 1. The van der Waals surface area contributed by atoms with Gasteiger partial charge in [0.2, 0.25) is 5.91 Å². The quantitative estimate of drug-likeness (QED) is 0.419. The molecule has 4 atom stereocenters. The van der Waals surface area contributed by atoms with Gasteiger partial charge in [-0.05, 0) is 96.0 Å². The number of carbonyl (C=O) groups excluding carboxylic acids is 1. The monoisotopic (exact) mass is 469 g/mol. The molecule has 1 amide bonds. The van der Waals surface area contributed by atoms with Crippen molar-refractivity contribution in [3.8, 4) is 5.75 Å². The maximum absolute atomic E-state index is 13.0. The molecule has 0 aromatic heterocycles. The molecule has 1 aliphatic carbocycles. The van der Waals surface area contributed by atoms with Gasteiger partial charge in [0.25, 0.3) is 0 Å². The molecule has 3 aromatic rings. The fourth-order valence-electron chi connectivity index (χ4n) is 5.79. The largest absolute Gasteiger partial charge is 0.508 e. The maximum Gasteiger partial charge on any atom is 0.237 e. The van der Waals surface area contributed by atoms with Gasteiger partial charge in [-0.15, -0.1) is 0 Å². The molecule has 0 radical (unpaired) electrons. The molecular weight excluding hydrogens is 434 g/mol. The first kappa shape index (κ1) is 23.4. The van der Waals surface area contributed by atoms with Crippen LogP contribution in [0.1, 0.15) is 58.7 Å². The summed E-state index contributed by atoms with van der Waals surface area (Å²) in [6, 6.07) is 20.0. The molecule has 0 saturated carbocycles. The van der Waals surface area contributed by atoms with E-state index in [0.717, 1.165) is 48.2 Å². The number of phenols is 1. The molecule has 0 spiro atoms. The van der Waals surface area contributed by atoms with Gasteiger partial charge in [-0.3, -0.25) is 4.79 Å². The van der Waals surface area contributed by atoms with Crippen LogP contribution in [0.15, 0.2) is 60.7 Å². The predicted molar refractivity (Wildman–Crippen MR) is 141 cm³/mol. The number of hydrogen-bond donors (Lipinski definition) is 4. The number of amides is 1. The van der Waals surface area contributed by atoms with Crippen molar-refractivity contribution < 1.29 is 9.90 Å². The Labute approximate surface area is 207 Å². The number of hydrogen-bond acceptors (Lipinski definition) is 4. The van der Waals surface area contributed by atoms with Crippen molar-refractivity contribution in [1.82, 2.24) is 5.32 Å². The standard InChI is InChI=1S/C30H35N3O2/c1-18-13-24(34)9-8-21(18)17-27(31)30(35)33-29-11-12-32-28-10-7-20(15-26(28)29)14-23-16-22-5-3-4-6-25(22)19(23)2/h3-10,13,15,19,23,27,29,32,34H,11-12,14,16-17,31H2,1-2H3,(H,33,35)/t19?,23?,27-,29+/m0/s1. The lowest BCUT2D eigenvalue weighted by Gasteiger charge is -2.29. The molecule has 182 valence electrons. The molecule has 5 rings (SSSR count). The average Bonchev–Trinajstić information content (AvgIpc) is 3.16. The molecule has 1 heterocycles. The third kappa shape index (κ3) is 4.92. The zero-order valence-corrected chi connectivity index (χ0v) is 20.6. The van der Waals surface area contributed by atoms with Crippen molar-refractivity contribution in [1.29, 1.82) is 0 Å². The first-order valence-electron chi connectivity index (χ1n) is 12.7. The van der Waals surface area contributed by atoms with E-state index >= 15 is 0 Å². The molecule has 0 bridgehead atoms. The highest BCUT2D eigenvalue weighted by molar-refractivity contribution is 5.82. The Bertz CT molecular complexity index is 1240. The Morgan fingerprint density at radius 3 is 2.77 bits per heavy atom. The number of fused-ring (bicyclic) bond motifs is 2. The number of benzene rings is 3. The van der Waals surface area contributed by atoms with E-state index in [2.05, 4.69) is 60.0 Å². The van der Waals surface area contributed by atoms with E-state index < -0.39 is 6.04 Å². The van der Waals surface area contributed by atoms with Crippen LogP contribution in [0.4, 0.5) is 5.69 Å². The Morgan fingerprint density at radius 1 is 1.14 bits per heavy atom. The summed E-state index contributed by atoms with van der Waals surface area (Å²) in [5.41, 5.74) is 14.7. The number of rotatable bonds is 6. The molecular formula is C30H35N3O2. The molecule has 0 fully saturated rings. The van der Waals surface area contributed by atoms with Crippen LogP contribution >= 0.6 is 0 Å². The first-order chi connectivity index (χ1) is 16.9. The fourth-order valence-corrected chi connectivity index (χ4v) is 5.79. The van der Waals surface area contributed by atoms with E-state index in [1.807, 2.05) is 13.0 Å². The van der Waals surface area contributed by atoms with Gasteiger partial charge in [0.1, 0.15) is 5.75 Å². The molecule has 3 aromatic carbocycles. The van der Waals surface area contributed by atoms with Gasteiger partial charge >= 0.3 is 0 Å². The summed E-state index contributed by atoms with van der Waals surface area (Å²) < 4.78 is 0. The SMILES string of the molecule is Cc1cc(O)ccc1C[C@H](N)C(=O)N[C@@H]1CCNc2ccc(CC3Cc4ccccc4C3C)cc21. The Kier molecular flexibility index (Phi) is 6.52. The number of nitrogens with one attached hydrogen (secondary N) is 2. The molecule has 1 aliphatic heterocycles. The highest BCUT2D eigenvalue weighted by Crippen LogP contribution is 2.40. The van der Waals surface area contributed by atoms with E-state index in [1.165, 1.54) is 16.7 Å². The summed E-state index contributed by atoms with van der Waals surface area (Å²) in [5, 5.41) is 16.3. The first-order valence-corrected chi connectivity index (χ1v) is 12.7. The normalized spacial score (nSPS) is 21.5. The lowest BCUT2D eigenvalue weighted by Crippen LogP contribution is -2.44. The van der Waals surface area contributed by atoms with Crippen LogP contribution in [0.3, 0.4) is 0 Å². The summed E-state index contributed by atoms with van der Waals surface area (Å²) >= 11 is 0.